The third-order valence-corrected chi connectivity index (χ3v) is 2.56. The van der Waals surface area contributed by atoms with Crippen LogP contribution in [0.5, 0.6) is 0 Å². The van der Waals surface area contributed by atoms with Gasteiger partial charge in [-0.25, -0.2) is 5.84 Å². The molecule has 0 fully saturated rings. The minimum Gasteiger partial charge on any atom is -0.341 e. The molecule has 0 saturated carbocycles. The van der Waals surface area contributed by atoms with Crippen molar-refractivity contribution in [2.45, 2.75) is 6.54 Å². The average Bonchev–Trinajstić information content (AvgIpc) is 2.23. The average molecular weight is 271 g/mol. The van der Waals surface area contributed by atoms with Crippen LogP contribution in [0.2, 0.25) is 0 Å². The standard InChI is InChI=1S/C10H15BrN4/c1-13-10(14-12)15(2)7-8-3-5-9(11)6-4-8/h3-6H,7,12H2,1-2H3,(H,13,14). The van der Waals surface area contributed by atoms with Crippen molar-refractivity contribution in [3.8, 4) is 0 Å². The summed E-state index contributed by atoms with van der Waals surface area (Å²) < 4.78 is 1.08. The fraction of sp³-hybridized carbons (Fsp3) is 0.300. The predicted octanol–water partition coefficient (Wildman–Crippen LogP) is 1.33. The number of benzene rings is 1. The van der Waals surface area contributed by atoms with Crippen molar-refractivity contribution in [3.63, 3.8) is 0 Å². The first-order valence-corrected chi connectivity index (χ1v) is 5.35. The zero-order chi connectivity index (χ0) is 11.3. The van der Waals surface area contributed by atoms with E-state index in [0.717, 1.165) is 11.0 Å². The Bertz CT molecular complexity index is 334. The van der Waals surface area contributed by atoms with Gasteiger partial charge in [0.2, 0.25) is 5.96 Å². The first kappa shape index (κ1) is 12.0. The van der Waals surface area contributed by atoms with Gasteiger partial charge in [-0.15, -0.1) is 0 Å². The highest BCUT2D eigenvalue weighted by Crippen LogP contribution is 2.11. The molecule has 0 atom stereocenters. The lowest BCUT2D eigenvalue weighted by molar-refractivity contribution is 0.479. The van der Waals surface area contributed by atoms with E-state index in [2.05, 4.69) is 38.5 Å². The molecule has 0 unspecified atom stereocenters. The highest BCUT2D eigenvalue weighted by molar-refractivity contribution is 9.10. The van der Waals surface area contributed by atoms with Crippen molar-refractivity contribution < 1.29 is 0 Å². The maximum absolute atomic E-state index is 5.33. The van der Waals surface area contributed by atoms with E-state index in [1.807, 2.05) is 24.1 Å². The second-order valence-electron chi connectivity index (χ2n) is 3.17. The lowest BCUT2D eigenvalue weighted by Gasteiger charge is -2.20. The first-order chi connectivity index (χ1) is 7.17. The Hall–Kier alpha value is -1.07. The van der Waals surface area contributed by atoms with Crippen LogP contribution >= 0.6 is 15.9 Å². The Balaban J connectivity index is 2.65. The summed E-state index contributed by atoms with van der Waals surface area (Å²) in [5.41, 5.74) is 3.76. The third-order valence-electron chi connectivity index (χ3n) is 2.04. The summed E-state index contributed by atoms with van der Waals surface area (Å²) in [7, 11) is 3.64. The molecule has 0 aliphatic heterocycles. The first-order valence-electron chi connectivity index (χ1n) is 4.56. The van der Waals surface area contributed by atoms with E-state index < -0.39 is 0 Å². The van der Waals surface area contributed by atoms with Crippen molar-refractivity contribution in [3.05, 3.63) is 34.3 Å². The van der Waals surface area contributed by atoms with E-state index in [9.17, 15) is 0 Å². The summed E-state index contributed by atoms with van der Waals surface area (Å²) in [6.07, 6.45) is 0. The van der Waals surface area contributed by atoms with E-state index in [0.29, 0.717) is 5.96 Å². The molecule has 1 aromatic rings. The number of halogens is 1. The van der Waals surface area contributed by atoms with Crippen LogP contribution in [0.15, 0.2) is 33.7 Å². The highest BCUT2D eigenvalue weighted by Gasteiger charge is 2.04. The molecule has 0 bridgehead atoms. The van der Waals surface area contributed by atoms with Crippen molar-refractivity contribution >= 4 is 21.9 Å². The smallest absolute Gasteiger partial charge is 0.208 e. The van der Waals surface area contributed by atoms with Gasteiger partial charge in [0.15, 0.2) is 0 Å². The molecule has 82 valence electrons. The largest absolute Gasteiger partial charge is 0.341 e. The fourth-order valence-corrected chi connectivity index (χ4v) is 1.55. The second-order valence-corrected chi connectivity index (χ2v) is 4.09. The van der Waals surface area contributed by atoms with E-state index in [1.165, 1.54) is 5.56 Å². The number of nitrogens with two attached hydrogens (primary N) is 1. The van der Waals surface area contributed by atoms with Crippen LogP contribution in [0, 0.1) is 0 Å². The van der Waals surface area contributed by atoms with Gasteiger partial charge in [-0.2, -0.15) is 0 Å². The van der Waals surface area contributed by atoms with Gasteiger partial charge in [-0.3, -0.25) is 10.4 Å². The molecule has 1 aromatic carbocycles. The van der Waals surface area contributed by atoms with Gasteiger partial charge in [-0.05, 0) is 17.7 Å². The minimum atomic E-state index is 0.665. The third kappa shape index (κ3) is 3.53. The molecule has 0 radical (unpaired) electrons. The van der Waals surface area contributed by atoms with Gasteiger partial charge in [0.05, 0.1) is 0 Å². The normalized spacial score (nSPS) is 11.3. The number of guanidine groups is 1. The number of aliphatic imine (C=N–C) groups is 1. The van der Waals surface area contributed by atoms with Crippen LogP contribution in [0.4, 0.5) is 0 Å². The van der Waals surface area contributed by atoms with Crippen LogP contribution in [0.3, 0.4) is 0 Å². The lowest BCUT2D eigenvalue weighted by atomic mass is 10.2. The molecule has 1 rings (SSSR count). The molecular weight excluding hydrogens is 256 g/mol. The Kier molecular flexibility index (Phi) is 4.58. The maximum Gasteiger partial charge on any atom is 0.208 e. The highest BCUT2D eigenvalue weighted by atomic mass is 79.9. The summed E-state index contributed by atoms with van der Waals surface area (Å²) in [5.74, 6) is 6.00. The Morgan fingerprint density at radius 3 is 2.53 bits per heavy atom. The summed E-state index contributed by atoms with van der Waals surface area (Å²) >= 11 is 3.40. The maximum atomic E-state index is 5.33. The Morgan fingerprint density at radius 1 is 1.47 bits per heavy atom. The predicted molar refractivity (Wildman–Crippen MR) is 66.3 cm³/mol. The number of hydrogen-bond acceptors (Lipinski definition) is 2. The Labute approximate surface area is 98.3 Å². The molecule has 0 spiro atoms. The molecule has 4 nitrogen and oxygen atoms in total. The molecule has 0 aliphatic rings. The van der Waals surface area contributed by atoms with Crippen molar-refractivity contribution in [2.24, 2.45) is 10.8 Å². The summed E-state index contributed by atoms with van der Waals surface area (Å²) in [6, 6.07) is 8.15. The molecule has 0 saturated heterocycles. The topological polar surface area (TPSA) is 53.6 Å². The molecule has 5 heteroatoms. The number of hydrazine groups is 1. The SMILES string of the molecule is CN=C(NN)N(C)Cc1ccc(Br)cc1. The summed E-state index contributed by atoms with van der Waals surface area (Å²) in [6.45, 7) is 0.768. The molecule has 0 amide bonds. The van der Waals surface area contributed by atoms with Crippen molar-refractivity contribution in [2.75, 3.05) is 14.1 Å². The van der Waals surface area contributed by atoms with Crippen LogP contribution in [0.25, 0.3) is 0 Å². The Morgan fingerprint density at radius 2 is 2.07 bits per heavy atom. The van der Waals surface area contributed by atoms with E-state index in [-0.39, 0.29) is 0 Å². The van der Waals surface area contributed by atoms with Gasteiger partial charge in [0.1, 0.15) is 0 Å². The van der Waals surface area contributed by atoms with Gasteiger partial charge in [0.25, 0.3) is 0 Å². The monoisotopic (exact) mass is 270 g/mol. The van der Waals surface area contributed by atoms with Crippen LogP contribution in [-0.4, -0.2) is 25.0 Å². The van der Waals surface area contributed by atoms with Gasteiger partial charge in [-0.1, -0.05) is 28.1 Å². The fourth-order valence-electron chi connectivity index (χ4n) is 1.28. The van der Waals surface area contributed by atoms with E-state index in [4.69, 9.17) is 5.84 Å². The molecule has 0 heterocycles. The number of hydrogen-bond donors (Lipinski definition) is 2. The van der Waals surface area contributed by atoms with E-state index in [1.54, 1.807) is 7.05 Å². The summed E-state index contributed by atoms with van der Waals surface area (Å²) in [5, 5.41) is 0. The molecule has 0 aromatic heterocycles. The molecule has 15 heavy (non-hydrogen) atoms. The number of nitrogens with one attached hydrogen (secondary N) is 1. The second kappa shape index (κ2) is 5.72. The van der Waals surface area contributed by atoms with Gasteiger partial charge in [0, 0.05) is 25.1 Å². The zero-order valence-electron chi connectivity index (χ0n) is 8.87. The molecule has 0 aliphatic carbocycles. The summed E-state index contributed by atoms with van der Waals surface area (Å²) in [4.78, 5) is 5.97. The van der Waals surface area contributed by atoms with Crippen LogP contribution in [-0.2, 0) is 6.54 Å². The van der Waals surface area contributed by atoms with E-state index >= 15 is 0 Å². The van der Waals surface area contributed by atoms with Crippen molar-refractivity contribution in [1.82, 2.24) is 10.3 Å². The zero-order valence-corrected chi connectivity index (χ0v) is 10.5. The minimum absolute atomic E-state index is 0.665. The quantitative estimate of drug-likeness (QED) is 0.369. The van der Waals surface area contributed by atoms with Crippen LogP contribution < -0.4 is 11.3 Å². The molecular formula is C10H15BrN4. The van der Waals surface area contributed by atoms with Gasteiger partial charge >= 0.3 is 0 Å². The van der Waals surface area contributed by atoms with Crippen LogP contribution in [0.1, 0.15) is 5.56 Å². The van der Waals surface area contributed by atoms with Crippen molar-refractivity contribution in [1.29, 1.82) is 0 Å². The van der Waals surface area contributed by atoms with Gasteiger partial charge < -0.3 is 4.90 Å². The molecule has 3 N–H and O–H groups in total. The number of nitrogens with zero attached hydrogens (tertiary/aromatic N) is 2. The number of rotatable bonds is 2. The lowest BCUT2D eigenvalue weighted by Crippen LogP contribution is -2.42.